The van der Waals surface area contributed by atoms with E-state index < -0.39 is 0 Å². The first-order valence-electron chi connectivity index (χ1n) is 10.2. The first-order chi connectivity index (χ1) is 15.0. The van der Waals surface area contributed by atoms with Gasteiger partial charge in [-0.25, -0.2) is 9.67 Å². The number of benzene rings is 1. The molecule has 0 fully saturated rings. The van der Waals surface area contributed by atoms with Crippen LogP contribution in [0.2, 0.25) is 0 Å². The smallest absolute Gasteiger partial charge is 0.266 e. The fraction of sp³-hybridized carbons (Fsp3) is 0.318. The Morgan fingerprint density at radius 1 is 1.19 bits per heavy atom. The summed E-state index contributed by atoms with van der Waals surface area (Å²) in [5.74, 6) is 0.478. The number of aryl methyl sites for hydroxylation is 2. The third kappa shape index (κ3) is 3.59. The molecule has 0 spiro atoms. The molecule has 3 heterocycles. The number of nitrogens with zero attached hydrogens (tertiary/aromatic N) is 4. The Kier molecular flexibility index (Phi) is 4.97. The van der Waals surface area contributed by atoms with Crippen LogP contribution < -0.4 is 16.4 Å². The van der Waals surface area contributed by atoms with Crippen LogP contribution in [0.3, 0.4) is 0 Å². The number of nitrogens with one attached hydrogen (secondary N) is 1. The molecule has 1 N–H and O–H groups in total. The molecule has 1 aliphatic heterocycles. The van der Waals surface area contributed by atoms with Crippen molar-refractivity contribution in [3.8, 4) is 11.3 Å². The van der Waals surface area contributed by atoms with Gasteiger partial charge in [-0.15, -0.1) is 0 Å². The minimum Gasteiger partial charge on any atom is -0.325 e. The first-order valence-corrected chi connectivity index (χ1v) is 11.2. The number of aromatic nitrogens is 4. The van der Waals surface area contributed by atoms with Gasteiger partial charge in [0.2, 0.25) is 5.91 Å². The van der Waals surface area contributed by atoms with Crippen LogP contribution in [0.5, 0.6) is 0 Å². The zero-order chi connectivity index (χ0) is 21.5. The number of para-hydroxylation sites is 1. The molecule has 5 rings (SSSR count). The van der Waals surface area contributed by atoms with Crippen LogP contribution in [-0.4, -0.2) is 31.0 Å². The first kappa shape index (κ1) is 19.7. The molecule has 1 amide bonds. The molecule has 0 radical (unpaired) electrons. The number of carbonyl (C=O) groups excluding carboxylic acids is 1. The Labute approximate surface area is 182 Å². The summed E-state index contributed by atoms with van der Waals surface area (Å²) in [6.07, 6.45) is 2.78. The van der Waals surface area contributed by atoms with Crippen molar-refractivity contribution in [1.29, 1.82) is 0 Å². The van der Waals surface area contributed by atoms with Gasteiger partial charge in [0.15, 0.2) is 5.16 Å². The average Bonchev–Trinajstić information content (AvgIpc) is 3.38. The zero-order valence-electron chi connectivity index (χ0n) is 17.0. The van der Waals surface area contributed by atoms with Gasteiger partial charge in [0.25, 0.3) is 11.1 Å². The second-order valence-corrected chi connectivity index (χ2v) is 8.78. The standard InChI is InChI=1S/C22H21N5O3S/c1-26-20(29)10-9-18(25-26)14-5-2-3-7-16(14)23-19(28)11-13-12-31-22-24-17-8-4-6-15(17)21(30)27(13)22/h2-3,5,7,9-10,13H,4,6,8,11-12H2,1H3,(H,23,28)/t13-/m1/s1. The third-order valence-corrected chi connectivity index (χ3v) is 6.83. The summed E-state index contributed by atoms with van der Waals surface area (Å²) in [5, 5.41) is 7.97. The van der Waals surface area contributed by atoms with E-state index in [1.165, 1.54) is 22.5 Å². The molecular formula is C22H21N5O3S. The van der Waals surface area contributed by atoms with Crippen molar-refractivity contribution in [2.75, 3.05) is 11.1 Å². The molecule has 31 heavy (non-hydrogen) atoms. The van der Waals surface area contributed by atoms with E-state index in [9.17, 15) is 14.4 Å². The highest BCUT2D eigenvalue weighted by Gasteiger charge is 2.31. The lowest BCUT2D eigenvalue weighted by Gasteiger charge is -2.16. The van der Waals surface area contributed by atoms with Crippen LogP contribution in [0.1, 0.15) is 30.1 Å². The molecule has 0 unspecified atom stereocenters. The van der Waals surface area contributed by atoms with Crippen molar-refractivity contribution >= 4 is 23.4 Å². The number of thioether (sulfide) groups is 1. The Hall–Kier alpha value is -3.20. The fourth-order valence-electron chi connectivity index (χ4n) is 4.18. The largest absolute Gasteiger partial charge is 0.325 e. The molecule has 158 valence electrons. The van der Waals surface area contributed by atoms with Crippen LogP contribution >= 0.6 is 11.8 Å². The van der Waals surface area contributed by atoms with Crippen LogP contribution in [0.15, 0.2) is 51.1 Å². The lowest BCUT2D eigenvalue weighted by molar-refractivity contribution is -0.116. The summed E-state index contributed by atoms with van der Waals surface area (Å²) in [7, 11) is 1.59. The number of rotatable bonds is 4. The number of hydrogen-bond donors (Lipinski definition) is 1. The highest BCUT2D eigenvalue weighted by atomic mass is 32.2. The second-order valence-electron chi connectivity index (χ2n) is 7.79. The van der Waals surface area contributed by atoms with Crippen LogP contribution in [-0.2, 0) is 24.7 Å². The van der Waals surface area contributed by atoms with Gasteiger partial charge >= 0.3 is 0 Å². The van der Waals surface area contributed by atoms with E-state index in [4.69, 9.17) is 0 Å². The van der Waals surface area contributed by atoms with Crippen molar-refractivity contribution in [2.24, 2.45) is 7.05 Å². The van der Waals surface area contributed by atoms with Crippen LogP contribution in [0, 0.1) is 0 Å². The maximum absolute atomic E-state index is 12.9. The van der Waals surface area contributed by atoms with Gasteiger partial charge in [-0.2, -0.15) is 5.10 Å². The van der Waals surface area contributed by atoms with E-state index >= 15 is 0 Å². The molecule has 1 atom stereocenters. The quantitative estimate of drug-likeness (QED) is 0.631. The van der Waals surface area contributed by atoms with E-state index in [-0.39, 0.29) is 29.5 Å². The van der Waals surface area contributed by atoms with Gasteiger partial charge in [0.05, 0.1) is 23.1 Å². The van der Waals surface area contributed by atoms with Gasteiger partial charge in [-0.05, 0) is 31.4 Å². The maximum Gasteiger partial charge on any atom is 0.266 e. The predicted molar refractivity (Wildman–Crippen MR) is 118 cm³/mol. The summed E-state index contributed by atoms with van der Waals surface area (Å²) < 4.78 is 2.97. The molecule has 3 aromatic rings. The SMILES string of the molecule is Cn1nc(-c2ccccc2NC(=O)C[C@@H]2CSc3nc4c(c(=O)n32)CCC4)ccc1=O. The van der Waals surface area contributed by atoms with Gasteiger partial charge in [0, 0.05) is 36.4 Å². The monoisotopic (exact) mass is 435 g/mol. The summed E-state index contributed by atoms with van der Waals surface area (Å²) >= 11 is 1.54. The van der Waals surface area contributed by atoms with E-state index in [1.807, 2.05) is 18.2 Å². The summed E-state index contributed by atoms with van der Waals surface area (Å²) in [6, 6.07) is 10.2. The highest BCUT2D eigenvalue weighted by Crippen LogP contribution is 2.34. The van der Waals surface area contributed by atoms with Gasteiger partial charge < -0.3 is 5.32 Å². The molecule has 9 heteroatoms. The molecule has 0 bridgehead atoms. The van der Waals surface area contributed by atoms with Crippen LogP contribution in [0.25, 0.3) is 11.3 Å². The van der Waals surface area contributed by atoms with Crippen LogP contribution in [0.4, 0.5) is 5.69 Å². The van der Waals surface area contributed by atoms with Gasteiger partial charge in [0.1, 0.15) is 0 Å². The second kappa shape index (κ2) is 7.81. The van der Waals surface area contributed by atoms with Crippen molar-refractivity contribution in [1.82, 2.24) is 19.3 Å². The molecular weight excluding hydrogens is 414 g/mol. The Morgan fingerprint density at radius 3 is 2.87 bits per heavy atom. The van der Waals surface area contributed by atoms with Crippen molar-refractivity contribution < 1.29 is 4.79 Å². The molecule has 1 aromatic carbocycles. The maximum atomic E-state index is 12.9. The van der Waals surface area contributed by atoms with Crippen molar-refractivity contribution in [3.05, 3.63) is 68.4 Å². The fourth-order valence-corrected chi connectivity index (χ4v) is 5.33. The summed E-state index contributed by atoms with van der Waals surface area (Å²) in [4.78, 5) is 42.2. The van der Waals surface area contributed by atoms with E-state index in [0.29, 0.717) is 17.1 Å². The molecule has 2 aromatic heterocycles. The summed E-state index contributed by atoms with van der Waals surface area (Å²) in [6.45, 7) is 0. The highest BCUT2D eigenvalue weighted by molar-refractivity contribution is 7.99. The number of anilines is 1. The molecule has 0 saturated heterocycles. The molecule has 2 aliphatic rings. The summed E-state index contributed by atoms with van der Waals surface area (Å²) in [5.41, 5.74) is 3.47. The van der Waals surface area contributed by atoms with E-state index in [0.717, 1.165) is 41.2 Å². The van der Waals surface area contributed by atoms with Crippen molar-refractivity contribution in [2.45, 2.75) is 36.9 Å². The average molecular weight is 436 g/mol. The minimum absolute atomic E-state index is 0.00935. The topological polar surface area (TPSA) is 98.9 Å². The number of hydrogen-bond acceptors (Lipinski definition) is 6. The molecule has 1 aliphatic carbocycles. The van der Waals surface area contributed by atoms with Gasteiger partial charge in [-0.1, -0.05) is 30.0 Å². The molecule has 8 nitrogen and oxygen atoms in total. The minimum atomic E-state index is -0.214. The van der Waals surface area contributed by atoms with Crippen molar-refractivity contribution in [3.63, 3.8) is 0 Å². The Bertz CT molecular complexity index is 1310. The number of amides is 1. The Morgan fingerprint density at radius 2 is 2.03 bits per heavy atom. The Balaban J connectivity index is 1.38. The lowest BCUT2D eigenvalue weighted by Crippen LogP contribution is -2.30. The number of carbonyl (C=O) groups is 1. The predicted octanol–water partition coefficient (Wildman–Crippen LogP) is 2.17. The lowest BCUT2D eigenvalue weighted by atomic mass is 10.1. The molecule has 0 saturated carbocycles. The van der Waals surface area contributed by atoms with Gasteiger partial charge in [-0.3, -0.25) is 19.0 Å². The van der Waals surface area contributed by atoms with E-state index in [1.54, 1.807) is 23.7 Å². The third-order valence-electron chi connectivity index (χ3n) is 5.73. The zero-order valence-corrected chi connectivity index (χ0v) is 17.8. The van der Waals surface area contributed by atoms with E-state index in [2.05, 4.69) is 15.4 Å². The normalized spacial score (nSPS) is 16.7. The number of fused-ring (bicyclic) bond motifs is 2.